The summed E-state index contributed by atoms with van der Waals surface area (Å²) < 4.78 is 34.1. The molecule has 0 rings (SSSR count). The summed E-state index contributed by atoms with van der Waals surface area (Å²) in [5.74, 6) is 0. The Bertz CT molecular complexity index is 94.9. The van der Waals surface area contributed by atoms with Gasteiger partial charge in [-0.3, -0.25) is 8.42 Å². The molecule has 0 N–H and O–H groups in total. The van der Waals surface area contributed by atoms with Crippen molar-refractivity contribution in [2.75, 3.05) is 0 Å². The van der Waals surface area contributed by atoms with Crippen molar-refractivity contribution in [2.24, 2.45) is 0 Å². The standard InChI is InChI=1S/Al.H2O4S.Zn/c;1-5(2,3)4;/h;(H2,1,2,3,4);/q;;+2/p-2. The minimum atomic E-state index is -5.17. The summed E-state index contributed by atoms with van der Waals surface area (Å²) in [6.45, 7) is 0. The molecule has 0 aliphatic rings. The topological polar surface area (TPSA) is 80.3 Å². The van der Waals surface area contributed by atoms with E-state index < -0.39 is 10.4 Å². The van der Waals surface area contributed by atoms with Crippen molar-refractivity contribution >= 4 is 27.8 Å². The second kappa shape index (κ2) is 5.17. The van der Waals surface area contributed by atoms with Crippen LogP contribution in [0.4, 0.5) is 0 Å². The molecule has 0 saturated carbocycles. The maximum atomic E-state index is 8.52. The van der Waals surface area contributed by atoms with Gasteiger partial charge in [0.2, 0.25) is 0 Å². The second-order valence-electron chi connectivity index (χ2n) is 0.408. The van der Waals surface area contributed by atoms with Gasteiger partial charge in [0.05, 0.1) is 0 Å². The summed E-state index contributed by atoms with van der Waals surface area (Å²) in [6, 6.07) is 0. The first-order valence-corrected chi connectivity index (χ1v) is 2.00. The van der Waals surface area contributed by atoms with Crippen LogP contribution >= 0.6 is 0 Å². The minimum absolute atomic E-state index is 0. The average Bonchev–Trinajstić information content (AvgIpc) is 0.722. The zero-order chi connectivity index (χ0) is 4.50. The maximum Gasteiger partial charge on any atom is 2.00 e. The molecule has 35 valence electrons. The van der Waals surface area contributed by atoms with Crippen molar-refractivity contribution in [1.29, 1.82) is 0 Å². The van der Waals surface area contributed by atoms with E-state index in [4.69, 9.17) is 17.5 Å². The molecule has 0 heterocycles. The third kappa shape index (κ3) is 169. The van der Waals surface area contributed by atoms with Crippen LogP contribution in [-0.2, 0) is 29.9 Å². The zero-order valence-electron chi connectivity index (χ0n) is 3.33. The Balaban J connectivity index is -0.0000000800. The van der Waals surface area contributed by atoms with Gasteiger partial charge in [0, 0.05) is 27.8 Å². The first kappa shape index (κ1) is 15.7. The van der Waals surface area contributed by atoms with E-state index in [0.717, 1.165) is 0 Å². The van der Waals surface area contributed by atoms with Crippen molar-refractivity contribution in [3.05, 3.63) is 0 Å². The van der Waals surface area contributed by atoms with E-state index in [-0.39, 0.29) is 36.8 Å². The molecule has 3 radical (unpaired) electrons. The van der Waals surface area contributed by atoms with Crippen molar-refractivity contribution in [1.82, 2.24) is 0 Å². The van der Waals surface area contributed by atoms with Gasteiger partial charge in [-0.15, -0.1) is 0 Å². The molecule has 0 aromatic heterocycles. The predicted octanol–water partition coefficient (Wildman–Crippen LogP) is -1.72. The summed E-state index contributed by atoms with van der Waals surface area (Å²) in [5.41, 5.74) is 0. The Kier molecular flexibility index (Phi) is 11.6. The van der Waals surface area contributed by atoms with Gasteiger partial charge in [-0.1, -0.05) is 0 Å². The quantitative estimate of drug-likeness (QED) is 0.257. The molecule has 0 aromatic carbocycles. The molecule has 7 heteroatoms. The van der Waals surface area contributed by atoms with E-state index in [1.165, 1.54) is 0 Å². The molecule has 0 atom stereocenters. The van der Waals surface area contributed by atoms with Crippen LogP contribution in [0, 0.1) is 0 Å². The molecule has 4 nitrogen and oxygen atoms in total. The summed E-state index contributed by atoms with van der Waals surface area (Å²) in [6.07, 6.45) is 0. The predicted molar refractivity (Wildman–Crippen MR) is 16.2 cm³/mol. The van der Waals surface area contributed by atoms with Gasteiger partial charge in [0.15, 0.2) is 0 Å². The van der Waals surface area contributed by atoms with E-state index in [0.29, 0.717) is 0 Å². The molecule has 7 heavy (non-hydrogen) atoms. The van der Waals surface area contributed by atoms with Crippen LogP contribution in [0.5, 0.6) is 0 Å². The first-order chi connectivity index (χ1) is 2.00. The summed E-state index contributed by atoms with van der Waals surface area (Å²) in [5, 5.41) is 0. The van der Waals surface area contributed by atoms with Crippen molar-refractivity contribution in [2.45, 2.75) is 0 Å². The Morgan fingerprint density at radius 3 is 1.14 bits per heavy atom. The smallest absolute Gasteiger partial charge is 0.759 e. The molecule has 0 fully saturated rings. The molecule has 0 aliphatic carbocycles. The van der Waals surface area contributed by atoms with E-state index in [2.05, 4.69) is 0 Å². The Labute approximate surface area is 64.8 Å². The summed E-state index contributed by atoms with van der Waals surface area (Å²) >= 11 is 0. The van der Waals surface area contributed by atoms with Crippen molar-refractivity contribution in [3.8, 4) is 0 Å². The Morgan fingerprint density at radius 1 is 1.14 bits per heavy atom. The maximum absolute atomic E-state index is 8.52. The van der Waals surface area contributed by atoms with E-state index in [1.54, 1.807) is 0 Å². The third-order valence-corrected chi connectivity index (χ3v) is 0. The molecule has 0 spiro atoms. The second-order valence-corrected chi connectivity index (χ2v) is 1.22. The first-order valence-electron chi connectivity index (χ1n) is 0.667. The Morgan fingerprint density at radius 2 is 1.14 bits per heavy atom. The molecule has 0 aromatic rings. The van der Waals surface area contributed by atoms with Gasteiger partial charge in [0.25, 0.3) is 0 Å². The zero-order valence-corrected chi connectivity index (χ0v) is 8.26. The Hall–Kier alpha value is 1.03. The molecule has 0 saturated heterocycles. The van der Waals surface area contributed by atoms with Crippen LogP contribution in [-0.4, -0.2) is 34.9 Å². The molecule has 0 aliphatic heterocycles. The molecule has 0 bridgehead atoms. The average molecular weight is 188 g/mol. The molecule has 0 amide bonds. The van der Waals surface area contributed by atoms with Gasteiger partial charge < -0.3 is 9.11 Å². The van der Waals surface area contributed by atoms with Crippen LogP contribution in [0.1, 0.15) is 0 Å². The van der Waals surface area contributed by atoms with E-state index in [1.807, 2.05) is 0 Å². The van der Waals surface area contributed by atoms with Gasteiger partial charge in [-0.2, -0.15) is 0 Å². The van der Waals surface area contributed by atoms with Gasteiger partial charge in [0.1, 0.15) is 0 Å². The normalized spacial score (nSPS) is 8.29. The molecular formula is AlO4SZn. The fraction of sp³-hybridized carbons (Fsp3) is 0. The number of hydrogen-bond donors (Lipinski definition) is 0. The minimum Gasteiger partial charge on any atom is -0.759 e. The van der Waals surface area contributed by atoms with Crippen LogP contribution in [0.25, 0.3) is 0 Å². The van der Waals surface area contributed by atoms with Gasteiger partial charge in [-0.25, -0.2) is 0 Å². The fourth-order valence-corrected chi connectivity index (χ4v) is 0. The van der Waals surface area contributed by atoms with Crippen molar-refractivity contribution in [3.63, 3.8) is 0 Å². The van der Waals surface area contributed by atoms with Crippen LogP contribution < -0.4 is 0 Å². The summed E-state index contributed by atoms with van der Waals surface area (Å²) in [7, 11) is -5.17. The summed E-state index contributed by atoms with van der Waals surface area (Å²) in [4.78, 5) is 0. The molecule has 0 unspecified atom stereocenters. The molecular weight excluding hydrogens is 188 g/mol. The van der Waals surface area contributed by atoms with Crippen LogP contribution in [0.2, 0.25) is 0 Å². The van der Waals surface area contributed by atoms with E-state index >= 15 is 0 Å². The van der Waals surface area contributed by atoms with Gasteiger partial charge in [-0.05, 0) is 0 Å². The van der Waals surface area contributed by atoms with E-state index in [9.17, 15) is 0 Å². The van der Waals surface area contributed by atoms with Gasteiger partial charge >= 0.3 is 19.5 Å². The number of hydrogen-bond acceptors (Lipinski definition) is 4. The SMILES string of the molecule is O=S(=O)([O-])[O-].[Al].[Zn+2]. The van der Waals surface area contributed by atoms with Crippen LogP contribution in [0.3, 0.4) is 0 Å². The largest absolute Gasteiger partial charge is 2.00 e. The van der Waals surface area contributed by atoms with Crippen molar-refractivity contribution < 1.29 is 37.0 Å². The number of rotatable bonds is 0. The van der Waals surface area contributed by atoms with Crippen LogP contribution in [0.15, 0.2) is 0 Å². The fourth-order valence-electron chi connectivity index (χ4n) is 0. The third-order valence-electron chi connectivity index (χ3n) is 0. The monoisotopic (exact) mass is 187 g/mol.